The predicted molar refractivity (Wildman–Crippen MR) is 125 cm³/mol. The van der Waals surface area contributed by atoms with Gasteiger partial charge in [-0.2, -0.15) is 0 Å². The Labute approximate surface area is 188 Å². The van der Waals surface area contributed by atoms with Crippen LogP contribution in [0.25, 0.3) is 0 Å². The van der Waals surface area contributed by atoms with Gasteiger partial charge in [0.05, 0.1) is 19.8 Å². The maximum absolute atomic E-state index is 12.4. The molecule has 0 bridgehead atoms. The second kappa shape index (κ2) is 14.4. The fourth-order valence-electron chi connectivity index (χ4n) is 3.50. The summed E-state index contributed by atoms with van der Waals surface area (Å²) in [5.41, 5.74) is 0. The fourth-order valence-corrected chi connectivity index (χ4v) is 3.50. The minimum absolute atomic E-state index is 0. The number of carbonyl (C=O) groups is 1. The Kier molecular flexibility index (Phi) is 13.1. The van der Waals surface area contributed by atoms with Crippen molar-refractivity contribution in [3.8, 4) is 0 Å². The third-order valence-electron chi connectivity index (χ3n) is 5.18. The molecule has 0 aromatic carbocycles. The Morgan fingerprint density at radius 2 is 1.71 bits per heavy atom. The number of nitrogens with zero attached hydrogens (tertiary/aromatic N) is 4. The molecule has 28 heavy (non-hydrogen) atoms. The first-order valence-corrected chi connectivity index (χ1v) is 10.7. The monoisotopic (exact) mass is 509 g/mol. The van der Waals surface area contributed by atoms with Gasteiger partial charge in [0, 0.05) is 52.4 Å². The van der Waals surface area contributed by atoms with Crippen LogP contribution in [-0.4, -0.2) is 98.7 Å². The summed E-state index contributed by atoms with van der Waals surface area (Å²) in [5, 5.41) is 3.43. The molecule has 7 nitrogen and oxygen atoms in total. The van der Waals surface area contributed by atoms with Gasteiger partial charge in [-0.05, 0) is 19.3 Å². The molecular weight excluding hydrogens is 469 g/mol. The Morgan fingerprint density at radius 3 is 2.32 bits per heavy atom. The zero-order valence-corrected chi connectivity index (χ0v) is 20.3. The van der Waals surface area contributed by atoms with Crippen LogP contribution in [0.15, 0.2) is 4.99 Å². The Morgan fingerprint density at radius 1 is 1.04 bits per heavy atom. The van der Waals surface area contributed by atoms with Gasteiger partial charge in [0.1, 0.15) is 0 Å². The Hall–Kier alpha value is -0.610. The SMILES string of the molecule is CCNC(=NCCCCC(C)C)N1CCN(CC(=O)N2CCOCC2)CC1.I. The molecule has 0 spiro atoms. The number of nitrogens with one attached hydrogen (secondary N) is 1. The molecule has 1 amide bonds. The second-order valence-corrected chi connectivity index (χ2v) is 7.88. The summed E-state index contributed by atoms with van der Waals surface area (Å²) < 4.78 is 5.33. The standard InChI is InChI=1S/C20H39N5O2.HI/c1-4-21-20(22-8-6-5-7-18(2)3)25-11-9-23(10-12-25)17-19(26)24-13-15-27-16-14-24;/h18H,4-17H2,1-3H3,(H,21,22);1H. The molecule has 0 radical (unpaired) electrons. The summed E-state index contributed by atoms with van der Waals surface area (Å²) in [5.74, 6) is 2.04. The fraction of sp³-hybridized carbons (Fsp3) is 0.900. The van der Waals surface area contributed by atoms with Crippen molar-refractivity contribution in [1.29, 1.82) is 0 Å². The highest BCUT2D eigenvalue weighted by Crippen LogP contribution is 2.08. The number of piperazine rings is 1. The molecule has 2 fully saturated rings. The van der Waals surface area contributed by atoms with E-state index in [1.54, 1.807) is 0 Å². The Balaban J connectivity index is 0.00000392. The van der Waals surface area contributed by atoms with Crippen molar-refractivity contribution in [3.63, 3.8) is 0 Å². The minimum atomic E-state index is 0. The number of aliphatic imine (C=N–C) groups is 1. The van der Waals surface area contributed by atoms with Crippen molar-refractivity contribution in [1.82, 2.24) is 20.0 Å². The zero-order valence-electron chi connectivity index (χ0n) is 18.0. The summed E-state index contributed by atoms with van der Waals surface area (Å²) in [6.07, 6.45) is 3.68. The molecular formula is C20H40IN5O2. The van der Waals surface area contributed by atoms with E-state index in [4.69, 9.17) is 9.73 Å². The van der Waals surface area contributed by atoms with Crippen LogP contribution in [0.2, 0.25) is 0 Å². The minimum Gasteiger partial charge on any atom is -0.378 e. The molecule has 2 saturated heterocycles. The molecule has 0 unspecified atom stereocenters. The average molecular weight is 509 g/mol. The molecule has 8 heteroatoms. The molecule has 0 atom stereocenters. The lowest BCUT2D eigenvalue weighted by Gasteiger charge is -2.37. The number of unbranched alkanes of at least 4 members (excludes halogenated alkanes) is 1. The lowest BCUT2D eigenvalue weighted by molar-refractivity contribution is -0.136. The molecule has 164 valence electrons. The van der Waals surface area contributed by atoms with E-state index in [0.717, 1.165) is 70.7 Å². The quantitative estimate of drug-likeness (QED) is 0.234. The summed E-state index contributed by atoms with van der Waals surface area (Å²) in [6.45, 7) is 15.4. The smallest absolute Gasteiger partial charge is 0.236 e. The van der Waals surface area contributed by atoms with E-state index < -0.39 is 0 Å². The highest BCUT2D eigenvalue weighted by Gasteiger charge is 2.24. The molecule has 0 aromatic rings. The van der Waals surface area contributed by atoms with E-state index in [2.05, 4.69) is 35.9 Å². The molecule has 2 heterocycles. The normalized spacial score (nSPS) is 18.9. The third kappa shape index (κ3) is 9.26. The van der Waals surface area contributed by atoms with Crippen molar-refractivity contribution < 1.29 is 9.53 Å². The molecule has 0 saturated carbocycles. The van der Waals surface area contributed by atoms with E-state index in [0.29, 0.717) is 19.8 Å². The van der Waals surface area contributed by atoms with Crippen molar-refractivity contribution in [2.75, 3.05) is 72.1 Å². The van der Waals surface area contributed by atoms with E-state index >= 15 is 0 Å². The number of guanidine groups is 1. The van der Waals surface area contributed by atoms with E-state index in [1.165, 1.54) is 12.8 Å². The van der Waals surface area contributed by atoms with Crippen LogP contribution in [0.3, 0.4) is 0 Å². The number of hydrogen-bond donors (Lipinski definition) is 1. The van der Waals surface area contributed by atoms with Crippen molar-refractivity contribution in [2.24, 2.45) is 10.9 Å². The number of rotatable bonds is 8. The average Bonchev–Trinajstić information content (AvgIpc) is 2.68. The van der Waals surface area contributed by atoms with E-state index in [1.807, 2.05) is 4.90 Å². The van der Waals surface area contributed by atoms with Crippen LogP contribution < -0.4 is 5.32 Å². The number of ether oxygens (including phenoxy) is 1. The summed E-state index contributed by atoms with van der Waals surface area (Å²) in [4.78, 5) is 23.8. The highest BCUT2D eigenvalue weighted by atomic mass is 127. The van der Waals surface area contributed by atoms with E-state index in [9.17, 15) is 4.79 Å². The second-order valence-electron chi connectivity index (χ2n) is 7.88. The van der Waals surface area contributed by atoms with Crippen molar-refractivity contribution in [2.45, 2.75) is 40.0 Å². The number of halogens is 1. The first kappa shape index (κ1) is 25.4. The van der Waals surface area contributed by atoms with Gasteiger partial charge in [-0.1, -0.05) is 26.7 Å². The van der Waals surface area contributed by atoms with Crippen molar-refractivity contribution >= 4 is 35.8 Å². The lowest BCUT2D eigenvalue weighted by Crippen LogP contribution is -2.54. The molecule has 2 rings (SSSR count). The zero-order chi connectivity index (χ0) is 19.5. The first-order chi connectivity index (χ1) is 13.1. The largest absolute Gasteiger partial charge is 0.378 e. The van der Waals surface area contributed by atoms with Gasteiger partial charge in [-0.15, -0.1) is 24.0 Å². The first-order valence-electron chi connectivity index (χ1n) is 10.7. The number of amides is 1. The number of hydrogen-bond acceptors (Lipinski definition) is 4. The summed E-state index contributed by atoms with van der Waals surface area (Å²) in [6, 6.07) is 0. The van der Waals surface area contributed by atoms with Crippen LogP contribution in [-0.2, 0) is 9.53 Å². The molecule has 2 aliphatic rings. The van der Waals surface area contributed by atoms with Crippen LogP contribution in [0.4, 0.5) is 0 Å². The maximum Gasteiger partial charge on any atom is 0.236 e. The van der Waals surface area contributed by atoms with Crippen LogP contribution in [0, 0.1) is 5.92 Å². The van der Waals surface area contributed by atoms with Crippen LogP contribution in [0.5, 0.6) is 0 Å². The van der Waals surface area contributed by atoms with Gasteiger partial charge >= 0.3 is 0 Å². The van der Waals surface area contributed by atoms with Gasteiger partial charge in [0.25, 0.3) is 0 Å². The molecule has 0 aliphatic carbocycles. The Bertz CT molecular complexity index is 462. The van der Waals surface area contributed by atoms with Crippen molar-refractivity contribution in [3.05, 3.63) is 0 Å². The topological polar surface area (TPSA) is 60.4 Å². The summed E-state index contributed by atoms with van der Waals surface area (Å²) in [7, 11) is 0. The molecule has 2 aliphatic heterocycles. The lowest BCUT2D eigenvalue weighted by atomic mass is 10.1. The van der Waals surface area contributed by atoms with Gasteiger partial charge in [-0.25, -0.2) is 0 Å². The van der Waals surface area contributed by atoms with Crippen LogP contribution in [0.1, 0.15) is 40.0 Å². The van der Waals surface area contributed by atoms with Gasteiger partial charge < -0.3 is 19.9 Å². The van der Waals surface area contributed by atoms with Gasteiger partial charge in [0.2, 0.25) is 5.91 Å². The number of carbonyl (C=O) groups excluding carboxylic acids is 1. The molecule has 0 aromatic heterocycles. The van der Waals surface area contributed by atoms with Crippen LogP contribution >= 0.6 is 24.0 Å². The predicted octanol–water partition coefficient (Wildman–Crippen LogP) is 1.87. The summed E-state index contributed by atoms with van der Waals surface area (Å²) >= 11 is 0. The van der Waals surface area contributed by atoms with Gasteiger partial charge in [0.15, 0.2) is 5.96 Å². The highest BCUT2D eigenvalue weighted by molar-refractivity contribution is 14.0. The third-order valence-corrected chi connectivity index (χ3v) is 5.18. The van der Waals surface area contributed by atoms with E-state index in [-0.39, 0.29) is 29.9 Å². The van der Waals surface area contributed by atoms with Gasteiger partial charge in [-0.3, -0.25) is 14.7 Å². The number of morpholine rings is 1. The maximum atomic E-state index is 12.4. The molecule has 1 N–H and O–H groups in total.